The third-order valence-electron chi connectivity index (χ3n) is 4.22. The van der Waals surface area contributed by atoms with Gasteiger partial charge in [-0.15, -0.1) is 0 Å². The summed E-state index contributed by atoms with van der Waals surface area (Å²) in [6.07, 6.45) is 0. The molecule has 0 spiro atoms. The van der Waals surface area contributed by atoms with E-state index in [-0.39, 0.29) is 34.2 Å². The summed E-state index contributed by atoms with van der Waals surface area (Å²) in [5.41, 5.74) is 0.921. The molecule has 1 aliphatic rings. The van der Waals surface area contributed by atoms with Crippen LogP contribution in [-0.2, 0) is 0 Å². The smallest absolute Gasteiger partial charge is 0.198 e. The highest BCUT2D eigenvalue weighted by molar-refractivity contribution is 6.33. The molecule has 1 aliphatic carbocycles. The predicted molar refractivity (Wildman–Crippen MR) is 85.5 cm³/mol. The highest BCUT2D eigenvalue weighted by Crippen LogP contribution is 2.44. The molecule has 3 aromatic carbocycles. The van der Waals surface area contributed by atoms with Crippen molar-refractivity contribution in [2.24, 2.45) is 0 Å². The third-order valence-corrected chi connectivity index (χ3v) is 4.22. The van der Waals surface area contributed by atoms with Crippen molar-refractivity contribution in [3.8, 4) is 11.5 Å². The maximum Gasteiger partial charge on any atom is 0.198 e. The molecule has 112 valence electrons. The first-order valence-electron chi connectivity index (χ1n) is 7.15. The molecule has 0 fully saturated rings. The van der Waals surface area contributed by atoms with Gasteiger partial charge in [0.1, 0.15) is 0 Å². The van der Waals surface area contributed by atoms with Gasteiger partial charge in [-0.25, -0.2) is 0 Å². The second kappa shape index (κ2) is 4.68. The largest absolute Gasteiger partial charge is 0.504 e. The molecule has 4 rings (SSSR count). The van der Waals surface area contributed by atoms with E-state index < -0.39 is 0 Å². The van der Waals surface area contributed by atoms with Crippen LogP contribution >= 0.6 is 0 Å². The first-order valence-corrected chi connectivity index (χ1v) is 7.15. The van der Waals surface area contributed by atoms with Gasteiger partial charge in [-0.1, -0.05) is 48.5 Å². The number of methoxy groups -OCH3 is 1. The van der Waals surface area contributed by atoms with Crippen molar-refractivity contribution >= 4 is 22.3 Å². The molecule has 23 heavy (non-hydrogen) atoms. The van der Waals surface area contributed by atoms with Crippen molar-refractivity contribution < 1.29 is 19.4 Å². The molecule has 0 aliphatic heterocycles. The number of aromatic hydroxyl groups is 1. The summed E-state index contributed by atoms with van der Waals surface area (Å²) in [6.45, 7) is 0. The molecule has 0 atom stereocenters. The number of ketones is 2. The maximum atomic E-state index is 12.9. The highest BCUT2D eigenvalue weighted by Gasteiger charge is 2.35. The van der Waals surface area contributed by atoms with Crippen molar-refractivity contribution in [3.05, 3.63) is 70.8 Å². The predicted octanol–water partition coefficient (Wildman–Crippen LogP) is 3.33. The fraction of sp³-hybridized carbons (Fsp3) is 0.0526. The number of fused-ring (bicyclic) bond motifs is 4. The summed E-state index contributed by atoms with van der Waals surface area (Å²) in [4.78, 5) is 25.7. The molecule has 1 N–H and O–H groups in total. The summed E-state index contributed by atoms with van der Waals surface area (Å²) in [6, 6.07) is 13.7. The van der Waals surface area contributed by atoms with Gasteiger partial charge in [-0.3, -0.25) is 9.59 Å². The average molecular weight is 304 g/mol. The SMILES string of the molecule is COc1c(O)c2c(c3ccccc13)C(=O)c1ccccc1C2=O. The average Bonchev–Trinajstić information content (AvgIpc) is 2.59. The van der Waals surface area contributed by atoms with Crippen LogP contribution in [0, 0.1) is 0 Å². The zero-order valence-electron chi connectivity index (χ0n) is 12.3. The molecule has 4 heteroatoms. The molecular weight excluding hydrogens is 292 g/mol. The lowest BCUT2D eigenvalue weighted by Gasteiger charge is -2.22. The minimum Gasteiger partial charge on any atom is -0.504 e. The number of hydrogen-bond donors (Lipinski definition) is 1. The number of carbonyl (C=O) groups excluding carboxylic acids is 2. The van der Waals surface area contributed by atoms with Crippen molar-refractivity contribution in [2.45, 2.75) is 0 Å². The monoisotopic (exact) mass is 304 g/mol. The van der Waals surface area contributed by atoms with Crippen LogP contribution in [0.4, 0.5) is 0 Å². The van der Waals surface area contributed by atoms with E-state index in [1.54, 1.807) is 48.5 Å². The molecule has 0 radical (unpaired) electrons. The summed E-state index contributed by atoms with van der Waals surface area (Å²) in [7, 11) is 1.43. The number of benzene rings is 3. The lowest BCUT2D eigenvalue weighted by atomic mass is 9.81. The van der Waals surface area contributed by atoms with Gasteiger partial charge in [0.2, 0.25) is 0 Å². The molecule has 0 saturated heterocycles. The van der Waals surface area contributed by atoms with Crippen LogP contribution in [0.3, 0.4) is 0 Å². The van der Waals surface area contributed by atoms with Gasteiger partial charge in [0.25, 0.3) is 0 Å². The number of hydrogen-bond acceptors (Lipinski definition) is 4. The fourth-order valence-electron chi connectivity index (χ4n) is 3.21. The van der Waals surface area contributed by atoms with Crippen LogP contribution in [0.5, 0.6) is 11.5 Å². The van der Waals surface area contributed by atoms with Gasteiger partial charge < -0.3 is 9.84 Å². The lowest BCUT2D eigenvalue weighted by Crippen LogP contribution is -2.21. The summed E-state index contributed by atoms with van der Waals surface area (Å²) in [5, 5.41) is 11.8. The van der Waals surface area contributed by atoms with E-state index >= 15 is 0 Å². The minimum absolute atomic E-state index is 0.0178. The van der Waals surface area contributed by atoms with Crippen LogP contribution in [0.2, 0.25) is 0 Å². The molecule has 0 amide bonds. The number of phenolic OH excluding ortho intramolecular Hbond substituents is 1. The Balaban J connectivity index is 2.21. The Kier molecular flexibility index (Phi) is 2.75. The van der Waals surface area contributed by atoms with Crippen LogP contribution < -0.4 is 4.74 Å². The van der Waals surface area contributed by atoms with Crippen LogP contribution in [0.15, 0.2) is 48.5 Å². The maximum absolute atomic E-state index is 12.9. The molecule has 0 saturated carbocycles. The van der Waals surface area contributed by atoms with Gasteiger partial charge in [0.15, 0.2) is 23.1 Å². The summed E-state index contributed by atoms with van der Waals surface area (Å²) in [5.74, 6) is -0.699. The highest BCUT2D eigenvalue weighted by atomic mass is 16.5. The van der Waals surface area contributed by atoms with Crippen LogP contribution in [0.1, 0.15) is 31.8 Å². The van der Waals surface area contributed by atoms with Crippen LogP contribution in [-0.4, -0.2) is 23.8 Å². The fourth-order valence-corrected chi connectivity index (χ4v) is 3.21. The standard InChI is InChI=1S/C19H12O4/c1-23-19-13-9-5-2-6-10(13)14-15(18(19)22)17(21)12-8-4-3-7-11(12)16(14)20/h2-9,22H,1H3. The van der Waals surface area contributed by atoms with Crippen molar-refractivity contribution in [3.63, 3.8) is 0 Å². The van der Waals surface area contributed by atoms with Crippen molar-refractivity contribution in [1.82, 2.24) is 0 Å². The van der Waals surface area contributed by atoms with E-state index in [2.05, 4.69) is 0 Å². The molecule has 0 bridgehead atoms. The van der Waals surface area contributed by atoms with Gasteiger partial charge in [0, 0.05) is 22.1 Å². The first-order chi connectivity index (χ1) is 11.1. The zero-order valence-corrected chi connectivity index (χ0v) is 12.3. The Morgan fingerprint density at radius 2 is 1.30 bits per heavy atom. The second-order valence-electron chi connectivity index (χ2n) is 5.38. The Bertz CT molecular complexity index is 1000. The van der Waals surface area contributed by atoms with Crippen molar-refractivity contribution in [2.75, 3.05) is 7.11 Å². The molecular formula is C19H12O4. The Morgan fingerprint density at radius 3 is 1.91 bits per heavy atom. The normalized spacial score (nSPS) is 12.9. The van der Waals surface area contributed by atoms with Crippen molar-refractivity contribution in [1.29, 1.82) is 0 Å². The molecule has 3 aromatic rings. The molecule has 0 heterocycles. The number of phenols is 1. The number of rotatable bonds is 1. The lowest BCUT2D eigenvalue weighted by molar-refractivity contribution is 0.0977. The quantitative estimate of drug-likeness (QED) is 0.586. The van der Waals surface area contributed by atoms with Gasteiger partial charge in [-0.05, 0) is 5.39 Å². The van der Waals surface area contributed by atoms with E-state index in [4.69, 9.17) is 4.74 Å². The molecule has 0 unspecified atom stereocenters. The Labute approximate surface area is 131 Å². The Hall–Kier alpha value is -3.14. The van der Waals surface area contributed by atoms with E-state index in [1.165, 1.54) is 7.11 Å². The number of carbonyl (C=O) groups is 2. The first kappa shape index (κ1) is 13.5. The topological polar surface area (TPSA) is 63.6 Å². The van der Waals surface area contributed by atoms with Gasteiger partial charge >= 0.3 is 0 Å². The minimum atomic E-state index is -0.364. The van der Waals surface area contributed by atoms with E-state index in [0.29, 0.717) is 21.9 Å². The zero-order chi connectivity index (χ0) is 16.1. The third kappa shape index (κ3) is 1.66. The molecule has 4 nitrogen and oxygen atoms in total. The summed E-state index contributed by atoms with van der Waals surface area (Å²) >= 11 is 0. The Morgan fingerprint density at radius 1 is 0.783 bits per heavy atom. The van der Waals surface area contributed by atoms with E-state index in [9.17, 15) is 14.7 Å². The van der Waals surface area contributed by atoms with Gasteiger partial charge in [-0.2, -0.15) is 0 Å². The second-order valence-corrected chi connectivity index (χ2v) is 5.38. The van der Waals surface area contributed by atoms with Crippen LogP contribution in [0.25, 0.3) is 10.8 Å². The number of ether oxygens (including phenoxy) is 1. The molecule has 0 aromatic heterocycles. The van der Waals surface area contributed by atoms with Gasteiger partial charge in [0.05, 0.1) is 12.7 Å². The van der Waals surface area contributed by atoms with E-state index in [1.807, 2.05) is 0 Å². The van der Waals surface area contributed by atoms with E-state index in [0.717, 1.165) is 0 Å². The summed E-state index contributed by atoms with van der Waals surface area (Å²) < 4.78 is 5.28.